The van der Waals surface area contributed by atoms with Crippen molar-refractivity contribution in [3.8, 4) is 11.5 Å². The van der Waals surface area contributed by atoms with Crippen molar-refractivity contribution in [3.63, 3.8) is 0 Å². The third-order valence-electron chi connectivity index (χ3n) is 3.84. The Labute approximate surface area is 136 Å². The van der Waals surface area contributed by atoms with E-state index in [-0.39, 0.29) is 18.9 Å². The van der Waals surface area contributed by atoms with Crippen molar-refractivity contribution in [1.82, 2.24) is 4.90 Å². The van der Waals surface area contributed by atoms with Gasteiger partial charge in [0.05, 0.1) is 13.7 Å². The second-order valence-corrected chi connectivity index (χ2v) is 7.27. The monoisotopic (exact) mass is 342 g/mol. The molecule has 1 aromatic rings. The maximum atomic E-state index is 11.9. The number of amides is 1. The van der Waals surface area contributed by atoms with E-state index in [4.69, 9.17) is 14.6 Å². The number of nitrogens with zero attached hydrogens (tertiary/aromatic N) is 1. The number of nitrogens with two attached hydrogens (primary N) is 1. The van der Waals surface area contributed by atoms with Crippen LogP contribution in [-0.2, 0) is 21.2 Å². The lowest BCUT2D eigenvalue weighted by Crippen LogP contribution is -2.33. The van der Waals surface area contributed by atoms with E-state index in [0.29, 0.717) is 31.1 Å². The summed E-state index contributed by atoms with van der Waals surface area (Å²) in [4.78, 5) is 13.4. The lowest BCUT2D eigenvalue weighted by Gasteiger charge is -2.17. The molecule has 1 amide bonds. The first-order valence-electron chi connectivity index (χ1n) is 7.44. The topological polar surface area (TPSA) is 98.9 Å². The molecule has 0 spiro atoms. The molecule has 1 aliphatic heterocycles. The molecule has 1 saturated heterocycles. The Bertz CT molecular complexity index is 674. The van der Waals surface area contributed by atoms with Gasteiger partial charge in [0.2, 0.25) is 15.9 Å². The summed E-state index contributed by atoms with van der Waals surface area (Å²) in [5, 5.41) is 4.32. The lowest BCUT2D eigenvalue weighted by atomic mass is 10.1. The fourth-order valence-corrected chi connectivity index (χ4v) is 3.34. The molecule has 1 fully saturated rings. The van der Waals surface area contributed by atoms with Crippen LogP contribution in [0.15, 0.2) is 18.2 Å². The largest absolute Gasteiger partial charge is 0.493 e. The summed E-state index contributed by atoms with van der Waals surface area (Å²) in [5.41, 5.74) is 0.983. The van der Waals surface area contributed by atoms with Gasteiger partial charge in [-0.2, -0.15) is 0 Å². The number of carbonyl (C=O) groups excluding carboxylic acids is 1. The average molecular weight is 342 g/mol. The number of ether oxygens (including phenoxy) is 2. The number of likely N-dealkylation sites (tertiary alicyclic amines) is 1. The predicted molar refractivity (Wildman–Crippen MR) is 86.0 cm³/mol. The normalized spacial score (nSPS) is 18.3. The zero-order valence-electron chi connectivity index (χ0n) is 13.3. The van der Waals surface area contributed by atoms with Crippen molar-refractivity contribution in [3.05, 3.63) is 23.8 Å². The van der Waals surface area contributed by atoms with Gasteiger partial charge in [0.25, 0.3) is 0 Å². The Morgan fingerprint density at radius 3 is 2.65 bits per heavy atom. The van der Waals surface area contributed by atoms with E-state index in [1.807, 2.05) is 25.1 Å². The number of hydrogen-bond donors (Lipinski definition) is 1. The Morgan fingerprint density at radius 1 is 1.35 bits per heavy atom. The maximum Gasteiger partial charge on any atom is 0.224 e. The first-order chi connectivity index (χ1) is 10.8. The van der Waals surface area contributed by atoms with Crippen LogP contribution in [0.2, 0.25) is 0 Å². The van der Waals surface area contributed by atoms with Gasteiger partial charge in [0.1, 0.15) is 5.25 Å². The van der Waals surface area contributed by atoms with Crippen LogP contribution in [-0.4, -0.2) is 51.3 Å². The van der Waals surface area contributed by atoms with Gasteiger partial charge >= 0.3 is 0 Å². The number of methoxy groups -OCH3 is 1. The maximum absolute atomic E-state index is 11.9. The van der Waals surface area contributed by atoms with E-state index < -0.39 is 15.3 Å². The van der Waals surface area contributed by atoms with E-state index in [9.17, 15) is 13.2 Å². The molecule has 0 saturated carbocycles. The molecule has 2 N–H and O–H groups in total. The van der Waals surface area contributed by atoms with Gasteiger partial charge in [0, 0.05) is 19.5 Å². The smallest absolute Gasteiger partial charge is 0.224 e. The molecule has 0 aliphatic carbocycles. The number of primary sulfonamides is 1. The molecule has 1 unspecified atom stereocenters. The molecular weight excluding hydrogens is 320 g/mol. The van der Waals surface area contributed by atoms with Gasteiger partial charge in [-0.1, -0.05) is 6.07 Å². The number of carbonyl (C=O) groups is 1. The minimum Gasteiger partial charge on any atom is -0.493 e. The molecule has 1 atom stereocenters. The Morgan fingerprint density at radius 2 is 2.09 bits per heavy atom. The van der Waals surface area contributed by atoms with Gasteiger partial charge in [-0.15, -0.1) is 0 Å². The number of benzene rings is 1. The summed E-state index contributed by atoms with van der Waals surface area (Å²) in [5.74, 6) is 1.13. The molecule has 128 valence electrons. The third kappa shape index (κ3) is 4.35. The van der Waals surface area contributed by atoms with E-state index >= 15 is 0 Å². The fraction of sp³-hybridized carbons (Fsp3) is 0.533. The Hall–Kier alpha value is -1.80. The van der Waals surface area contributed by atoms with Gasteiger partial charge in [0.15, 0.2) is 11.5 Å². The van der Waals surface area contributed by atoms with Crippen molar-refractivity contribution >= 4 is 15.9 Å². The minimum atomic E-state index is -3.67. The Balaban J connectivity index is 2.00. The third-order valence-corrected chi connectivity index (χ3v) is 5.09. The number of rotatable bonds is 7. The molecule has 1 aliphatic rings. The quantitative estimate of drug-likeness (QED) is 0.779. The molecule has 1 aromatic carbocycles. The van der Waals surface area contributed by atoms with E-state index in [0.717, 1.165) is 5.56 Å². The molecule has 1 heterocycles. The number of hydrogen-bond acceptors (Lipinski definition) is 5. The van der Waals surface area contributed by atoms with Gasteiger partial charge in [-0.25, -0.2) is 13.6 Å². The molecular formula is C15H22N2O5S. The van der Waals surface area contributed by atoms with Gasteiger partial charge in [-0.3, -0.25) is 4.79 Å². The summed E-state index contributed by atoms with van der Waals surface area (Å²) >= 11 is 0. The predicted octanol–water partition coefficient (Wildman–Crippen LogP) is 0.526. The SMILES string of the molecule is CCOc1ccc(CCN2CC(S(N)(=O)=O)CC2=O)cc1OC. The van der Waals surface area contributed by atoms with Crippen molar-refractivity contribution in [1.29, 1.82) is 0 Å². The highest BCUT2D eigenvalue weighted by atomic mass is 32.2. The summed E-state index contributed by atoms with van der Waals surface area (Å²) in [7, 11) is -2.10. The highest BCUT2D eigenvalue weighted by Gasteiger charge is 2.35. The van der Waals surface area contributed by atoms with Crippen LogP contribution >= 0.6 is 0 Å². The average Bonchev–Trinajstić information content (AvgIpc) is 2.88. The fourth-order valence-electron chi connectivity index (χ4n) is 2.58. The first kappa shape index (κ1) is 17.6. The summed E-state index contributed by atoms with van der Waals surface area (Å²) < 4.78 is 33.5. The van der Waals surface area contributed by atoms with Crippen LogP contribution in [0.25, 0.3) is 0 Å². The van der Waals surface area contributed by atoms with Crippen LogP contribution in [0.5, 0.6) is 11.5 Å². The minimum absolute atomic E-state index is 0.0363. The molecule has 0 radical (unpaired) electrons. The van der Waals surface area contributed by atoms with Crippen LogP contribution < -0.4 is 14.6 Å². The standard InChI is InChI=1S/C15H22N2O5S/c1-3-22-13-5-4-11(8-14(13)21-2)6-7-17-10-12(9-15(17)18)23(16,19)20/h4-5,8,12H,3,6-7,9-10H2,1-2H3,(H2,16,19,20). The van der Waals surface area contributed by atoms with Crippen molar-refractivity contribution in [2.24, 2.45) is 5.14 Å². The van der Waals surface area contributed by atoms with Gasteiger partial charge in [-0.05, 0) is 31.0 Å². The summed E-state index contributed by atoms with van der Waals surface area (Å²) in [6.07, 6.45) is 0.567. The van der Waals surface area contributed by atoms with Crippen LogP contribution in [0.4, 0.5) is 0 Å². The summed E-state index contributed by atoms with van der Waals surface area (Å²) in [6.45, 7) is 3.05. The van der Waals surface area contributed by atoms with E-state index in [1.54, 1.807) is 7.11 Å². The highest BCUT2D eigenvalue weighted by molar-refractivity contribution is 7.89. The zero-order chi connectivity index (χ0) is 17.0. The number of sulfonamides is 1. The van der Waals surface area contributed by atoms with Crippen molar-refractivity contribution in [2.45, 2.75) is 25.0 Å². The van der Waals surface area contributed by atoms with Crippen LogP contribution in [0.3, 0.4) is 0 Å². The lowest BCUT2D eigenvalue weighted by molar-refractivity contribution is -0.127. The van der Waals surface area contributed by atoms with Crippen molar-refractivity contribution < 1.29 is 22.7 Å². The van der Waals surface area contributed by atoms with Crippen molar-refractivity contribution in [2.75, 3.05) is 26.8 Å². The second kappa shape index (κ2) is 7.18. The zero-order valence-corrected chi connectivity index (χ0v) is 14.1. The first-order valence-corrected chi connectivity index (χ1v) is 9.05. The molecule has 0 bridgehead atoms. The molecule has 8 heteroatoms. The molecule has 0 aromatic heterocycles. The summed E-state index contributed by atoms with van der Waals surface area (Å²) in [6, 6.07) is 5.60. The molecule has 2 rings (SSSR count). The molecule has 7 nitrogen and oxygen atoms in total. The van der Waals surface area contributed by atoms with E-state index in [1.165, 1.54) is 4.90 Å². The second-order valence-electron chi connectivity index (χ2n) is 5.42. The van der Waals surface area contributed by atoms with Gasteiger partial charge < -0.3 is 14.4 Å². The van der Waals surface area contributed by atoms with E-state index in [2.05, 4.69) is 0 Å². The highest BCUT2D eigenvalue weighted by Crippen LogP contribution is 2.28. The van der Waals surface area contributed by atoms with Crippen LogP contribution in [0, 0.1) is 0 Å². The molecule has 23 heavy (non-hydrogen) atoms. The van der Waals surface area contributed by atoms with Crippen LogP contribution in [0.1, 0.15) is 18.9 Å². The Kier molecular flexibility index (Phi) is 5.48.